The van der Waals surface area contributed by atoms with Gasteiger partial charge in [-0.2, -0.15) is 0 Å². The van der Waals surface area contributed by atoms with Gasteiger partial charge in [0.15, 0.2) is 11.5 Å². The van der Waals surface area contributed by atoms with Crippen LogP contribution in [0.4, 0.5) is 0 Å². The van der Waals surface area contributed by atoms with Crippen molar-refractivity contribution in [1.82, 2.24) is 9.55 Å². The highest BCUT2D eigenvalue weighted by atomic mass is 16.5. The van der Waals surface area contributed by atoms with Gasteiger partial charge in [-0.25, -0.2) is 9.78 Å². The molecule has 0 amide bonds. The molecular formula is C12H13N5O5. The summed E-state index contributed by atoms with van der Waals surface area (Å²) in [6.45, 7) is 0. The Bertz CT molecular complexity index is 808. The van der Waals surface area contributed by atoms with Crippen LogP contribution in [-0.4, -0.2) is 34.8 Å². The van der Waals surface area contributed by atoms with Crippen molar-refractivity contribution in [1.29, 1.82) is 5.53 Å². The number of carboxylic acids is 1. The molecular weight excluding hydrogens is 294 g/mol. The normalized spacial score (nSPS) is 9.41. The molecule has 0 aliphatic rings. The Morgan fingerprint density at radius 3 is 2.32 bits per heavy atom. The summed E-state index contributed by atoms with van der Waals surface area (Å²) < 4.78 is 11.5. The first-order valence-electron chi connectivity index (χ1n) is 5.78. The summed E-state index contributed by atoms with van der Waals surface area (Å²) in [4.78, 5) is 28.4. The Hall–Kier alpha value is -3.26. The number of hydrogen-bond acceptors (Lipinski definition) is 6. The van der Waals surface area contributed by atoms with E-state index in [2.05, 4.69) is 4.98 Å². The number of nitrogens with zero attached hydrogens (tertiary/aromatic N) is 4. The van der Waals surface area contributed by atoms with Gasteiger partial charge in [-0.15, -0.1) is 5.53 Å². The van der Waals surface area contributed by atoms with Gasteiger partial charge >= 0.3 is 5.97 Å². The van der Waals surface area contributed by atoms with E-state index in [1.54, 1.807) is 11.0 Å². The number of nitrogens with one attached hydrogen (secondary N) is 1. The maximum Gasteiger partial charge on any atom is 0.360 e. The van der Waals surface area contributed by atoms with Gasteiger partial charge in [0.1, 0.15) is 0 Å². The Balaban J connectivity index is 0.000000745. The third-order valence-electron chi connectivity index (χ3n) is 2.78. The van der Waals surface area contributed by atoms with E-state index in [9.17, 15) is 9.59 Å². The molecule has 2 rings (SSSR count). The van der Waals surface area contributed by atoms with Gasteiger partial charge in [0.2, 0.25) is 5.69 Å². The highest BCUT2D eigenvalue weighted by molar-refractivity contribution is 5.89. The number of hydrogen-bond donors (Lipinski definition) is 2. The molecule has 0 spiro atoms. The van der Waals surface area contributed by atoms with Crippen LogP contribution in [0.1, 0.15) is 10.5 Å². The molecule has 0 bridgehead atoms. The Morgan fingerprint density at radius 1 is 1.36 bits per heavy atom. The highest BCUT2D eigenvalue weighted by Crippen LogP contribution is 2.30. The number of methoxy groups -OCH3 is 2. The fraction of sp³-hybridized carbons (Fsp3) is 0.250. The van der Waals surface area contributed by atoms with Gasteiger partial charge < -0.3 is 19.1 Å². The van der Waals surface area contributed by atoms with Crippen LogP contribution in [0.5, 0.6) is 11.5 Å². The van der Waals surface area contributed by atoms with E-state index in [-0.39, 0.29) is 0 Å². The van der Waals surface area contributed by atoms with Crippen molar-refractivity contribution >= 4 is 17.0 Å². The van der Waals surface area contributed by atoms with Crippen LogP contribution in [0.3, 0.4) is 0 Å². The van der Waals surface area contributed by atoms with Crippen molar-refractivity contribution in [2.75, 3.05) is 14.2 Å². The lowest BCUT2D eigenvalue weighted by atomic mass is 10.2. The quantitative estimate of drug-likeness (QED) is 0.498. The molecule has 1 aromatic heterocycles. The van der Waals surface area contributed by atoms with Crippen molar-refractivity contribution in [2.24, 2.45) is 7.05 Å². The minimum absolute atomic E-state index is 0.345. The van der Waals surface area contributed by atoms with E-state index < -0.39 is 17.2 Å². The molecule has 0 unspecified atom stereocenters. The van der Waals surface area contributed by atoms with E-state index in [4.69, 9.17) is 25.6 Å². The number of aromatic nitrogens is 2. The molecule has 1 aromatic carbocycles. The van der Waals surface area contributed by atoms with Crippen molar-refractivity contribution in [3.05, 3.63) is 38.6 Å². The first kappa shape index (κ1) is 16.8. The summed E-state index contributed by atoms with van der Waals surface area (Å²) in [6.07, 6.45) is 0. The van der Waals surface area contributed by atoms with Crippen LogP contribution < -0.4 is 15.0 Å². The number of fused-ring (bicyclic) bond motifs is 1. The van der Waals surface area contributed by atoms with Crippen LogP contribution >= 0.6 is 0 Å². The predicted octanol–water partition coefficient (Wildman–Crippen LogP) is 1.52. The first-order chi connectivity index (χ1) is 10.4. The van der Waals surface area contributed by atoms with E-state index in [0.717, 1.165) is 0 Å². The third kappa shape index (κ3) is 3.07. The maximum absolute atomic E-state index is 11.8. The topological polar surface area (TPSA) is 151 Å². The molecule has 0 aliphatic heterocycles. The fourth-order valence-corrected chi connectivity index (χ4v) is 1.79. The summed E-state index contributed by atoms with van der Waals surface area (Å²) in [5.41, 5.74) is 11.9. The Labute approximate surface area is 123 Å². The third-order valence-corrected chi connectivity index (χ3v) is 2.78. The number of carbonyl (C=O) groups is 1. The number of ether oxygens (including phenoxy) is 2. The number of carboxylic acid groups (broad SMARTS) is 1. The molecule has 0 fully saturated rings. The van der Waals surface area contributed by atoms with Crippen LogP contribution in [0.25, 0.3) is 21.5 Å². The maximum atomic E-state index is 11.8. The molecule has 0 saturated carbocycles. The van der Waals surface area contributed by atoms with Crippen molar-refractivity contribution in [3.8, 4) is 11.5 Å². The molecule has 2 N–H and O–H groups in total. The van der Waals surface area contributed by atoms with E-state index in [1.807, 2.05) is 0 Å². The van der Waals surface area contributed by atoms with E-state index in [0.29, 0.717) is 22.5 Å². The van der Waals surface area contributed by atoms with Gasteiger partial charge in [-0.05, 0) is 10.4 Å². The zero-order valence-electron chi connectivity index (χ0n) is 12.0. The van der Waals surface area contributed by atoms with Gasteiger partial charge in [0.25, 0.3) is 5.56 Å². The molecule has 0 atom stereocenters. The van der Waals surface area contributed by atoms with Gasteiger partial charge in [-0.3, -0.25) is 4.79 Å². The van der Waals surface area contributed by atoms with Crippen LogP contribution in [0, 0.1) is 5.53 Å². The average Bonchev–Trinajstić information content (AvgIpc) is 2.50. The van der Waals surface area contributed by atoms with Crippen molar-refractivity contribution in [3.63, 3.8) is 0 Å². The lowest BCUT2D eigenvalue weighted by molar-refractivity contribution is 0.0688. The average molecular weight is 307 g/mol. The van der Waals surface area contributed by atoms with Gasteiger partial charge in [-0.1, -0.05) is 0 Å². The Morgan fingerprint density at radius 2 is 1.86 bits per heavy atom. The number of benzene rings is 1. The second-order valence-corrected chi connectivity index (χ2v) is 3.93. The minimum atomic E-state index is -1.36. The summed E-state index contributed by atoms with van der Waals surface area (Å²) in [6, 6.07) is 3.11. The number of aryl methyl sites for hydroxylation is 1. The summed E-state index contributed by atoms with van der Waals surface area (Å²) in [5.74, 6) is -0.510. The molecule has 2 aromatic rings. The van der Waals surface area contributed by atoms with Crippen LogP contribution in [0.2, 0.25) is 0 Å². The SMILES string of the molecule is COc1cc2nc(C(=O)O)c(=O)n(C)c2cc1OC.[N-]=[N+]=N. The standard InChI is InChI=1S/C12H12N2O5.HN3/c1-14-7-5-9(19-3)8(18-2)4-6(7)13-10(11(14)15)12(16)17;1-3-2/h4-5H,1-3H3,(H,16,17);1H. The molecule has 116 valence electrons. The highest BCUT2D eigenvalue weighted by Gasteiger charge is 2.17. The largest absolute Gasteiger partial charge is 0.493 e. The van der Waals surface area contributed by atoms with Gasteiger partial charge in [0.05, 0.1) is 25.3 Å². The minimum Gasteiger partial charge on any atom is -0.493 e. The second-order valence-electron chi connectivity index (χ2n) is 3.93. The Kier molecular flexibility index (Phi) is 5.31. The molecule has 10 heteroatoms. The summed E-state index contributed by atoms with van der Waals surface area (Å²) in [7, 11) is 4.41. The zero-order chi connectivity index (χ0) is 16.9. The summed E-state index contributed by atoms with van der Waals surface area (Å²) in [5, 5.41) is 8.95. The molecule has 22 heavy (non-hydrogen) atoms. The fourth-order valence-electron chi connectivity index (χ4n) is 1.79. The lowest BCUT2D eigenvalue weighted by Gasteiger charge is -2.11. The van der Waals surface area contributed by atoms with E-state index in [1.165, 1.54) is 31.9 Å². The molecule has 0 aliphatic carbocycles. The number of rotatable bonds is 3. The van der Waals surface area contributed by atoms with Crippen molar-refractivity contribution < 1.29 is 19.4 Å². The van der Waals surface area contributed by atoms with Crippen molar-refractivity contribution in [2.45, 2.75) is 0 Å². The lowest BCUT2D eigenvalue weighted by Crippen LogP contribution is -2.26. The molecule has 1 heterocycles. The summed E-state index contributed by atoms with van der Waals surface area (Å²) >= 11 is 0. The van der Waals surface area contributed by atoms with Crippen LogP contribution in [0.15, 0.2) is 16.9 Å². The second kappa shape index (κ2) is 6.95. The molecule has 0 radical (unpaired) electrons. The first-order valence-corrected chi connectivity index (χ1v) is 5.78. The van der Waals surface area contributed by atoms with Gasteiger partial charge in [0, 0.05) is 19.2 Å². The molecule has 10 nitrogen and oxygen atoms in total. The zero-order valence-corrected chi connectivity index (χ0v) is 12.0. The number of aromatic carboxylic acids is 1. The monoisotopic (exact) mass is 307 g/mol. The van der Waals surface area contributed by atoms with E-state index >= 15 is 0 Å². The van der Waals surface area contributed by atoms with Crippen LogP contribution in [-0.2, 0) is 7.05 Å². The molecule has 0 saturated heterocycles. The predicted molar refractivity (Wildman–Crippen MR) is 76.5 cm³/mol. The smallest absolute Gasteiger partial charge is 0.360 e.